The summed E-state index contributed by atoms with van der Waals surface area (Å²) in [5.41, 5.74) is 1.13. The van der Waals surface area contributed by atoms with Crippen LogP contribution >= 0.6 is 0 Å². The molecular weight excluding hydrogens is 406 g/mol. The van der Waals surface area contributed by atoms with Crippen molar-refractivity contribution in [2.75, 3.05) is 35.3 Å². The van der Waals surface area contributed by atoms with Crippen molar-refractivity contribution >= 4 is 29.0 Å². The number of urea groups is 1. The van der Waals surface area contributed by atoms with E-state index < -0.39 is 5.41 Å². The Bertz CT molecular complexity index is 970. The molecule has 0 atom stereocenters. The molecule has 0 radical (unpaired) electrons. The monoisotopic (exact) mass is 437 g/mol. The minimum absolute atomic E-state index is 0.0565. The molecule has 3 rings (SSSR count). The minimum atomic E-state index is -0.667. The molecule has 1 aliphatic rings. The molecule has 2 aromatic carbocycles. The van der Waals surface area contributed by atoms with Crippen LogP contribution in [0.5, 0.6) is 11.5 Å². The molecule has 0 spiro atoms. The van der Waals surface area contributed by atoms with E-state index in [2.05, 4.69) is 24.1 Å². The average molecular weight is 438 g/mol. The molecule has 32 heavy (non-hydrogen) atoms. The van der Waals surface area contributed by atoms with E-state index in [9.17, 15) is 9.59 Å². The van der Waals surface area contributed by atoms with Crippen LogP contribution in [0.3, 0.4) is 0 Å². The first-order valence-corrected chi connectivity index (χ1v) is 10.8. The van der Waals surface area contributed by atoms with E-state index in [4.69, 9.17) is 9.47 Å². The fraction of sp³-hybridized carbons (Fsp3) is 0.360. The highest BCUT2D eigenvalue weighted by Crippen LogP contribution is 2.38. The second kappa shape index (κ2) is 10.2. The van der Waals surface area contributed by atoms with E-state index in [1.54, 1.807) is 41.3 Å². The maximum atomic E-state index is 13.0. The number of anilines is 3. The summed E-state index contributed by atoms with van der Waals surface area (Å²) < 4.78 is 11.5. The Hall–Kier alpha value is -3.48. The lowest BCUT2D eigenvalue weighted by Gasteiger charge is -2.27. The summed E-state index contributed by atoms with van der Waals surface area (Å²) in [7, 11) is 0. The van der Waals surface area contributed by atoms with Crippen LogP contribution in [-0.2, 0) is 4.79 Å². The van der Waals surface area contributed by atoms with Crippen molar-refractivity contribution in [3.63, 3.8) is 0 Å². The molecule has 0 fully saturated rings. The zero-order valence-corrected chi connectivity index (χ0v) is 18.9. The van der Waals surface area contributed by atoms with E-state index >= 15 is 0 Å². The van der Waals surface area contributed by atoms with Crippen molar-refractivity contribution in [1.29, 1.82) is 0 Å². The van der Waals surface area contributed by atoms with E-state index in [-0.39, 0.29) is 18.5 Å². The topological polar surface area (TPSA) is 79.9 Å². The minimum Gasteiger partial charge on any atom is -0.494 e. The van der Waals surface area contributed by atoms with E-state index in [1.807, 2.05) is 26.0 Å². The number of ether oxygens (including phenoxy) is 2. The third-order valence-corrected chi connectivity index (χ3v) is 5.11. The Labute approximate surface area is 189 Å². The van der Waals surface area contributed by atoms with E-state index in [1.165, 1.54) is 0 Å². The lowest BCUT2D eigenvalue weighted by Crippen LogP contribution is -2.42. The standard InChI is InChI=1S/C25H31N3O4/c1-5-7-15-31-20-11-8-18(9-12-20)26-24(30)27-19-10-13-22-21(16-19)28(14-6-2)23(29)25(3,4)17-32-22/h6,8-13,16H,2,5,7,14-15,17H2,1,3-4H3,(H2,26,27,30). The number of hydrogen-bond acceptors (Lipinski definition) is 4. The van der Waals surface area contributed by atoms with E-state index in [0.29, 0.717) is 36.0 Å². The Morgan fingerprint density at radius 2 is 1.88 bits per heavy atom. The molecule has 0 bridgehead atoms. The number of unbranched alkanes of at least 4 members (excludes halogenated alkanes) is 1. The van der Waals surface area contributed by atoms with Gasteiger partial charge >= 0.3 is 6.03 Å². The number of fused-ring (bicyclic) bond motifs is 1. The molecule has 170 valence electrons. The molecule has 7 nitrogen and oxygen atoms in total. The molecule has 3 amide bonds. The molecule has 1 aliphatic heterocycles. The van der Waals surface area contributed by atoms with Crippen LogP contribution in [0.4, 0.5) is 21.9 Å². The van der Waals surface area contributed by atoms with Gasteiger partial charge in [0.15, 0.2) is 0 Å². The highest BCUT2D eigenvalue weighted by Gasteiger charge is 2.37. The van der Waals surface area contributed by atoms with Crippen molar-refractivity contribution in [1.82, 2.24) is 0 Å². The van der Waals surface area contributed by atoms with Crippen LogP contribution < -0.4 is 25.0 Å². The summed E-state index contributed by atoms with van der Waals surface area (Å²) in [6.07, 6.45) is 3.75. The number of carbonyl (C=O) groups is 2. The van der Waals surface area contributed by atoms with Crippen molar-refractivity contribution in [2.45, 2.75) is 33.6 Å². The van der Waals surface area contributed by atoms with Gasteiger partial charge in [0, 0.05) is 17.9 Å². The van der Waals surface area contributed by atoms with Crippen LogP contribution in [-0.4, -0.2) is 31.7 Å². The van der Waals surface area contributed by atoms with Gasteiger partial charge in [0.1, 0.15) is 18.1 Å². The molecule has 0 saturated carbocycles. The predicted octanol–water partition coefficient (Wildman–Crippen LogP) is 5.45. The van der Waals surface area contributed by atoms with Crippen molar-refractivity contribution < 1.29 is 19.1 Å². The van der Waals surface area contributed by atoms with Gasteiger partial charge in [0.05, 0.1) is 17.7 Å². The molecule has 0 saturated heterocycles. The normalized spacial score (nSPS) is 14.6. The van der Waals surface area contributed by atoms with Crippen molar-refractivity contribution in [3.05, 3.63) is 55.1 Å². The largest absolute Gasteiger partial charge is 0.494 e. The average Bonchev–Trinajstić information content (AvgIpc) is 2.85. The van der Waals surface area contributed by atoms with Gasteiger partial charge < -0.3 is 25.0 Å². The Morgan fingerprint density at radius 3 is 2.56 bits per heavy atom. The summed E-state index contributed by atoms with van der Waals surface area (Å²) in [6, 6.07) is 12.1. The third kappa shape index (κ3) is 5.60. The Morgan fingerprint density at radius 1 is 1.19 bits per heavy atom. The molecule has 7 heteroatoms. The van der Waals surface area contributed by atoms with E-state index in [0.717, 1.165) is 18.6 Å². The van der Waals surface area contributed by atoms with Gasteiger partial charge in [0.25, 0.3) is 0 Å². The number of carbonyl (C=O) groups excluding carboxylic acids is 2. The zero-order valence-electron chi connectivity index (χ0n) is 18.9. The second-order valence-electron chi connectivity index (χ2n) is 8.37. The second-order valence-corrected chi connectivity index (χ2v) is 8.37. The molecule has 2 aromatic rings. The van der Waals surface area contributed by atoms with Crippen molar-refractivity contribution in [3.8, 4) is 11.5 Å². The van der Waals surface area contributed by atoms with Gasteiger partial charge in [-0.25, -0.2) is 4.79 Å². The van der Waals surface area contributed by atoms with Crippen LogP contribution in [0.2, 0.25) is 0 Å². The van der Waals surface area contributed by atoms with Crippen LogP contribution in [0.25, 0.3) is 0 Å². The Kier molecular flexibility index (Phi) is 7.41. The SMILES string of the molecule is C=CCN1C(=O)C(C)(C)COc2ccc(NC(=O)Nc3ccc(OCCCC)cc3)cc21. The van der Waals surface area contributed by atoms with Gasteiger partial charge in [-0.1, -0.05) is 19.4 Å². The molecular formula is C25H31N3O4. The number of rotatable bonds is 8. The Balaban J connectivity index is 1.69. The summed E-state index contributed by atoms with van der Waals surface area (Å²) in [5, 5.41) is 5.62. The summed E-state index contributed by atoms with van der Waals surface area (Å²) >= 11 is 0. The lowest BCUT2D eigenvalue weighted by molar-refractivity contribution is -0.127. The molecule has 2 N–H and O–H groups in total. The van der Waals surface area contributed by atoms with Gasteiger partial charge in [-0.05, 0) is 62.7 Å². The fourth-order valence-electron chi connectivity index (χ4n) is 3.30. The smallest absolute Gasteiger partial charge is 0.323 e. The molecule has 0 unspecified atom stereocenters. The first-order chi connectivity index (χ1) is 15.3. The third-order valence-electron chi connectivity index (χ3n) is 5.11. The van der Waals surface area contributed by atoms with Crippen molar-refractivity contribution in [2.24, 2.45) is 5.41 Å². The number of amides is 3. The predicted molar refractivity (Wildman–Crippen MR) is 128 cm³/mol. The zero-order chi connectivity index (χ0) is 23.1. The van der Waals surface area contributed by atoms with Gasteiger partial charge in [-0.2, -0.15) is 0 Å². The first kappa shape index (κ1) is 23.2. The van der Waals surface area contributed by atoms with Gasteiger partial charge in [-0.3, -0.25) is 4.79 Å². The molecule has 0 aromatic heterocycles. The quantitative estimate of drug-likeness (QED) is 0.425. The molecule has 1 heterocycles. The maximum absolute atomic E-state index is 13.0. The number of hydrogen-bond donors (Lipinski definition) is 2. The number of nitrogens with zero attached hydrogens (tertiary/aromatic N) is 1. The summed E-state index contributed by atoms with van der Waals surface area (Å²) in [6.45, 7) is 10.9. The highest BCUT2D eigenvalue weighted by atomic mass is 16.5. The lowest BCUT2D eigenvalue weighted by atomic mass is 9.93. The summed E-state index contributed by atoms with van der Waals surface area (Å²) in [4.78, 5) is 27.1. The fourth-order valence-corrected chi connectivity index (χ4v) is 3.30. The van der Waals surface area contributed by atoms with Crippen LogP contribution in [0.1, 0.15) is 33.6 Å². The van der Waals surface area contributed by atoms with Gasteiger partial charge in [0.2, 0.25) is 5.91 Å². The number of nitrogens with one attached hydrogen (secondary N) is 2. The van der Waals surface area contributed by atoms with Crippen LogP contribution in [0, 0.1) is 5.41 Å². The van der Waals surface area contributed by atoms with Gasteiger partial charge in [-0.15, -0.1) is 6.58 Å². The van der Waals surface area contributed by atoms with Crippen LogP contribution in [0.15, 0.2) is 55.1 Å². The molecule has 0 aliphatic carbocycles. The first-order valence-electron chi connectivity index (χ1n) is 10.8. The highest BCUT2D eigenvalue weighted by molar-refractivity contribution is 6.02. The summed E-state index contributed by atoms with van der Waals surface area (Å²) in [5.74, 6) is 1.31. The number of benzene rings is 2. The maximum Gasteiger partial charge on any atom is 0.323 e.